The number of aliphatic hydroxyl groups is 1. The van der Waals surface area contributed by atoms with E-state index in [1.165, 1.54) is 96.8 Å². The van der Waals surface area contributed by atoms with Crippen LogP contribution in [0, 0.1) is 23.8 Å². The summed E-state index contributed by atoms with van der Waals surface area (Å²) in [5.41, 5.74) is 26.4. The van der Waals surface area contributed by atoms with Gasteiger partial charge in [0, 0.05) is 133 Å². The van der Waals surface area contributed by atoms with E-state index in [2.05, 4.69) is 220 Å². The maximum Gasteiger partial charge on any atom is 0.257 e. The van der Waals surface area contributed by atoms with E-state index in [-0.39, 0.29) is 57.3 Å². The van der Waals surface area contributed by atoms with Gasteiger partial charge in [0.15, 0.2) is 11.4 Å². The quantitative estimate of drug-likeness (QED) is 0.0396. The van der Waals surface area contributed by atoms with Crippen molar-refractivity contribution in [3.63, 3.8) is 0 Å². The molecule has 12 nitrogen and oxygen atoms in total. The number of aliphatic imine (C=N–C) groups is 1. The Morgan fingerprint density at radius 1 is 0.651 bits per heavy atom. The Morgan fingerprint density at radius 3 is 2.01 bits per heavy atom. The molecule has 3 aliphatic rings. The molecule has 1 atom stereocenters. The van der Waals surface area contributed by atoms with E-state index in [1.807, 2.05) is 110 Å². The number of halogens is 2. The second kappa shape index (κ2) is 34.3. The Balaban J connectivity index is 0.000000126. The van der Waals surface area contributed by atoms with Crippen LogP contribution in [0.25, 0.3) is 127 Å². The molecule has 546 valence electrons. The van der Waals surface area contributed by atoms with Crippen molar-refractivity contribution in [3.8, 4) is 44.8 Å². The third kappa shape index (κ3) is 16.8. The van der Waals surface area contributed by atoms with E-state index in [9.17, 15) is 13.6 Å². The molecule has 0 saturated carbocycles. The fraction of sp³-hybridized carbons (Fsp3) is 0.118. The van der Waals surface area contributed by atoms with Crippen LogP contribution < -0.4 is 9.58 Å². The number of allylic oxidation sites excluding steroid dienone is 4. The fourth-order valence-corrected chi connectivity index (χ4v) is 14.1. The van der Waals surface area contributed by atoms with Crippen LogP contribution in [0.3, 0.4) is 0 Å². The number of nitrogens with one attached hydrogen (secondary N) is 1. The van der Waals surface area contributed by atoms with E-state index in [1.54, 1.807) is 19.2 Å². The van der Waals surface area contributed by atoms with Crippen molar-refractivity contribution in [2.24, 2.45) is 4.99 Å². The molecule has 1 unspecified atom stereocenters. The van der Waals surface area contributed by atoms with E-state index in [4.69, 9.17) is 25.3 Å². The van der Waals surface area contributed by atoms with Gasteiger partial charge in [-0.3, -0.25) is 23.6 Å². The zero-order chi connectivity index (χ0) is 74.2. The molecule has 0 aliphatic carbocycles. The van der Waals surface area contributed by atoms with Crippen LogP contribution in [0.2, 0.25) is 0 Å². The van der Waals surface area contributed by atoms with E-state index < -0.39 is 11.6 Å². The van der Waals surface area contributed by atoms with Crippen LogP contribution in [0.15, 0.2) is 312 Å². The van der Waals surface area contributed by atoms with E-state index >= 15 is 0 Å². The van der Waals surface area contributed by atoms with Gasteiger partial charge < -0.3 is 30.0 Å². The number of pyridine rings is 2. The van der Waals surface area contributed by atoms with Crippen molar-refractivity contribution in [2.45, 2.75) is 66.7 Å². The minimum absolute atomic E-state index is 0. The number of para-hydroxylation sites is 2. The number of hydrogen-bond acceptors (Lipinski definition) is 9. The van der Waals surface area contributed by atoms with Crippen LogP contribution >= 0.6 is 0 Å². The first-order valence-corrected chi connectivity index (χ1v) is 35.5. The third-order valence-corrected chi connectivity index (χ3v) is 18.7. The zero-order valence-corrected chi connectivity index (χ0v) is 65.8. The average molecular weight is 1790 g/mol. The molecule has 0 saturated heterocycles. The number of aromatic nitrogens is 5. The molecule has 4 aromatic heterocycles. The molecule has 19 rings (SSSR count). The van der Waals surface area contributed by atoms with Crippen molar-refractivity contribution >= 4 is 99.1 Å². The number of nitrogens with zero attached hydrogens (tertiary/aromatic N) is 8. The van der Waals surface area contributed by atoms with Crippen molar-refractivity contribution in [2.75, 3.05) is 11.9 Å². The van der Waals surface area contributed by atoms with Gasteiger partial charge >= 0.3 is 0 Å². The van der Waals surface area contributed by atoms with Gasteiger partial charge in [-0.1, -0.05) is 207 Å². The Bertz CT molecular complexity index is 6090. The number of anilines is 1. The summed E-state index contributed by atoms with van der Waals surface area (Å²) in [6.07, 6.45) is 10.3. The second-order valence-corrected chi connectivity index (χ2v) is 26.8. The number of aliphatic hydroxyl groups excluding tert-OH is 1. The van der Waals surface area contributed by atoms with Crippen LogP contribution in [0.1, 0.15) is 58.7 Å². The summed E-state index contributed by atoms with van der Waals surface area (Å²) in [5.74, 6) is -1.36. The summed E-state index contributed by atoms with van der Waals surface area (Å²) in [7, 11) is 2.13. The molecule has 12 aromatic carbocycles. The monoisotopic (exact) mass is 1790 g/mol. The number of furan rings is 1. The van der Waals surface area contributed by atoms with Gasteiger partial charge in [0.2, 0.25) is 5.52 Å². The molecule has 0 bridgehead atoms. The fourth-order valence-electron chi connectivity index (χ4n) is 14.1. The molecular weight excluding hydrogens is 1710 g/mol. The number of rotatable bonds is 8. The second-order valence-electron chi connectivity index (χ2n) is 26.8. The summed E-state index contributed by atoms with van der Waals surface area (Å²) < 4.78 is 35.1. The number of ketones is 1. The molecule has 2 radical (unpaired) electrons. The maximum atomic E-state index is 13.8. The molecule has 7 heterocycles. The van der Waals surface area contributed by atoms with Gasteiger partial charge in [-0.15, -0.1) is 52.7 Å². The zero-order valence-electron chi connectivity index (χ0n) is 61.0. The molecule has 0 amide bonds. The molecule has 109 heavy (non-hydrogen) atoms. The Labute approximate surface area is 659 Å². The molecule has 3 aliphatic heterocycles. The molecule has 16 heteroatoms. The molecular formula is C93H77F2Ir2N9O3-2. The first-order chi connectivity index (χ1) is 52.0. The number of hydrogen-bond donors (Lipinski definition) is 1. The van der Waals surface area contributed by atoms with Crippen molar-refractivity contribution < 1.29 is 68.0 Å². The maximum absolute atomic E-state index is 13.8. The predicted molar refractivity (Wildman–Crippen MR) is 432 cm³/mol. The summed E-state index contributed by atoms with van der Waals surface area (Å²) in [6, 6.07) is 93.0. The van der Waals surface area contributed by atoms with Crippen LogP contribution in [-0.4, -0.2) is 54.6 Å². The van der Waals surface area contributed by atoms with Gasteiger partial charge in [0.25, 0.3) is 5.52 Å². The molecule has 0 fully saturated rings. The predicted octanol–water partition coefficient (Wildman–Crippen LogP) is 23.0. The van der Waals surface area contributed by atoms with Crippen LogP contribution in [0.4, 0.5) is 20.2 Å². The summed E-state index contributed by atoms with van der Waals surface area (Å²) in [4.78, 5) is 30.2. The van der Waals surface area contributed by atoms with Gasteiger partial charge in [0.1, 0.15) is 24.3 Å². The summed E-state index contributed by atoms with van der Waals surface area (Å²) >= 11 is 0. The van der Waals surface area contributed by atoms with Crippen molar-refractivity contribution in [3.05, 3.63) is 344 Å². The SMILES string of the molecule is CC(=O)C=C(C)O.CC(C)n1nc2c3ccccc3c3cccc4c3c2[n+]1C4.CC([NH-])=CC(C)=Nc1ccccc1.CN1C=CN2c3c(ccc4c3oc3ccccc34)CC12.Fc1c[c-]c(-c2nccc3ccccc23)c(F)c1.[Ir].[Ir].[c-]1ccccc1-c1cc(-c2ccccc2)c2cc(-c3ccccc3)ccc2n1. The summed E-state index contributed by atoms with van der Waals surface area (Å²) in [6.45, 7) is 11.8. The Kier molecular flexibility index (Phi) is 24.2. The topological polar surface area (TPSA) is 141 Å². The minimum atomic E-state index is -0.654. The van der Waals surface area contributed by atoms with E-state index in [0.29, 0.717) is 23.6 Å². The standard InChI is InChI=1S/C27H18N.C18H16N3.C17H14N2O.C15H8F2N.C11H13N2.C5H8O2.2Ir/c1-4-10-20(11-5-1)23-16-17-26-25(18-23)24(21-12-6-2-7-13-21)19-27(28-26)22-14-8-3-9-15-22;1-11(2)21-19-17-15-8-4-3-7-13(15)14-9-5-6-12-10-20(21)18(17)16(12)14;1-18-8-9-19-15(18)10-11-6-7-13-12-4-2-3-5-14(12)20-17(13)16(11)19;16-11-5-6-13(14(17)9-11)15-12-4-2-1-3-10(12)7-8-18-15;1-9(12)8-10(2)13-11-6-4-3-5-7-11;1-4(6)3-5(2)7;;/h1-14,16-19H;3-9,11H,10H2,1-2H3;2-9,15H,10H2,1H3;1-5,7-9H;3-8,12H,1-2H3;3,6H,1-2H3;;/q-1;+1;;2*-1;;;. The molecule has 0 spiro atoms. The largest absolute Gasteiger partial charge is 0.702 e. The Hall–Kier alpha value is -11.9. The van der Waals surface area contributed by atoms with Crippen molar-refractivity contribution in [1.82, 2.24) is 24.8 Å². The van der Waals surface area contributed by atoms with E-state index in [0.717, 1.165) is 86.1 Å². The number of carbonyl (C=O) groups excluding carboxylic acids is 1. The number of fused-ring (bicyclic) bond motifs is 12. The van der Waals surface area contributed by atoms with Crippen LogP contribution in [0.5, 0.6) is 0 Å². The van der Waals surface area contributed by atoms with Gasteiger partial charge in [-0.2, -0.15) is 5.70 Å². The van der Waals surface area contributed by atoms with Gasteiger partial charge in [-0.25, -0.2) is 0 Å². The van der Waals surface area contributed by atoms with Crippen LogP contribution in [-0.2, 0) is 58.0 Å². The molecule has 2 N–H and O–H groups in total. The van der Waals surface area contributed by atoms with Gasteiger partial charge in [-0.05, 0) is 143 Å². The normalized spacial score (nSPS) is 13.2. The number of benzene rings is 12. The average Bonchev–Trinajstić information content (AvgIpc) is 1.55. The first-order valence-electron chi connectivity index (χ1n) is 35.5. The minimum Gasteiger partial charge on any atom is -0.702 e. The molecule has 16 aromatic rings. The first kappa shape index (κ1) is 76.7. The smallest absolute Gasteiger partial charge is 0.257 e. The number of likely N-dealkylation sites (N-methyl/N-ethyl adjacent to an activating group) is 1. The Morgan fingerprint density at radius 2 is 1.32 bits per heavy atom. The van der Waals surface area contributed by atoms with Crippen molar-refractivity contribution in [1.29, 1.82) is 0 Å². The van der Waals surface area contributed by atoms with Gasteiger partial charge in [0.05, 0.1) is 22.7 Å². The number of carbonyl (C=O) groups is 1. The summed E-state index contributed by atoms with van der Waals surface area (Å²) in [5, 5.41) is 23.9. The third-order valence-electron chi connectivity index (χ3n) is 18.7.